The monoisotopic (exact) mass is 217 g/mol. The Balaban J connectivity index is 3.81. The SMILES string of the molecule is CCCCOC(=O)OC(=O)C(N)C(C)C. The smallest absolute Gasteiger partial charge is 0.434 e. The summed E-state index contributed by atoms with van der Waals surface area (Å²) < 4.78 is 9.04. The van der Waals surface area contributed by atoms with Gasteiger partial charge in [0.1, 0.15) is 6.04 Å². The van der Waals surface area contributed by atoms with E-state index in [-0.39, 0.29) is 12.5 Å². The molecule has 0 bridgehead atoms. The van der Waals surface area contributed by atoms with Gasteiger partial charge in [-0.2, -0.15) is 0 Å². The van der Waals surface area contributed by atoms with Crippen molar-refractivity contribution in [1.29, 1.82) is 0 Å². The molecular weight excluding hydrogens is 198 g/mol. The van der Waals surface area contributed by atoms with Crippen LogP contribution in [0.1, 0.15) is 33.6 Å². The second-order valence-electron chi connectivity index (χ2n) is 3.64. The van der Waals surface area contributed by atoms with Gasteiger partial charge in [-0.1, -0.05) is 27.2 Å². The molecule has 88 valence electrons. The first-order chi connectivity index (χ1) is 6.99. The molecule has 0 saturated carbocycles. The van der Waals surface area contributed by atoms with Crippen LogP contribution in [0.4, 0.5) is 4.79 Å². The number of carbonyl (C=O) groups excluding carboxylic acids is 2. The maximum absolute atomic E-state index is 11.2. The van der Waals surface area contributed by atoms with Crippen molar-refractivity contribution >= 4 is 12.1 Å². The Morgan fingerprint density at radius 3 is 2.40 bits per heavy atom. The molecule has 0 aliphatic rings. The average Bonchev–Trinajstić information content (AvgIpc) is 2.16. The number of unbranched alkanes of at least 4 members (excludes halogenated alkanes) is 1. The highest BCUT2D eigenvalue weighted by Crippen LogP contribution is 2.01. The van der Waals surface area contributed by atoms with E-state index in [2.05, 4.69) is 9.47 Å². The largest absolute Gasteiger partial charge is 0.516 e. The van der Waals surface area contributed by atoms with Crippen molar-refractivity contribution in [2.45, 2.75) is 39.7 Å². The number of hydrogen-bond donors (Lipinski definition) is 1. The first-order valence-corrected chi connectivity index (χ1v) is 5.13. The molecule has 0 saturated heterocycles. The summed E-state index contributed by atoms with van der Waals surface area (Å²) in [6, 6.07) is -0.788. The van der Waals surface area contributed by atoms with Crippen molar-refractivity contribution in [3.05, 3.63) is 0 Å². The van der Waals surface area contributed by atoms with E-state index >= 15 is 0 Å². The minimum atomic E-state index is -0.968. The third kappa shape index (κ3) is 6.06. The van der Waals surface area contributed by atoms with Crippen molar-refractivity contribution in [3.63, 3.8) is 0 Å². The second-order valence-corrected chi connectivity index (χ2v) is 3.64. The molecular formula is C10H19NO4. The van der Waals surface area contributed by atoms with E-state index in [0.717, 1.165) is 12.8 Å². The number of esters is 1. The minimum absolute atomic E-state index is 0.0686. The fraction of sp³-hybridized carbons (Fsp3) is 0.800. The lowest BCUT2D eigenvalue weighted by Gasteiger charge is -2.12. The molecule has 0 amide bonds. The molecule has 0 heterocycles. The third-order valence-corrected chi connectivity index (χ3v) is 1.89. The molecule has 1 atom stereocenters. The molecule has 0 aromatic rings. The summed E-state index contributed by atoms with van der Waals surface area (Å²) in [6.07, 6.45) is 0.691. The Hall–Kier alpha value is -1.10. The van der Waals surface area contributed by atoms with E-state index < -0.39 is 18.2 Å². The van der Waals surface area contributed by atoms with Gasteiger partial charge >= 0.3 is 12.1 Å². The highest BCUT2D eigenvalue weighted by Gasteiger charge is 2.22. The summed E-state index contributed by atoms with van der Waals surface area (Å²) in [4.78, 5) is 22.1. The number of rotatable bonds is 5. The Morgan fingerprint density at radius 1 is 1.33 bits per heavy atom. The van der Waals surface area contributed by atoms with Gasteiger partial charge in [0.25, 0.3) is 0 Å². The van der Waals surface area contributed by atoms with Crippen LogP contribution >= 0.6 is 0 Å². The predicted octanol–water partition coefficient (Wildman–Crippen LogP) is 1.45. The molecule has 0 spiro atoms. The molecule has 0 aliphatic heterocycles. The van der Waals surface area contributed by atoms with E-state index in [1.165, 1.54) is 0 Å². The van der Waals surface area contributed by atoms with Crippen molar-refractivity contribution in [2.75, 3.05) is 6.61 Å². The van der Waals surface area contributed by atoms with Gasteiger partial charge in [-0.3, -0.25) is 0 Å². The molecule has 0 fully saturated rings. The summed E-state index contributed by atoms with van der Waals surface area (Å²) in [7, 11) is 0. The third-order valence-electron chi connectivity index (χ3n) is 1.89. The summed E-state index contributed by atoms with van der Waals surface area (Å²) in [5.41, 5.74) is 5.48. The van der Waals surface area contributed by atoms with E-state index in [1.54, 1.807) is 13.8 Å². The van der Waals surface area contributed by atoms with Gasteiger partial charge in [-0.15, -0.1) is 0 Å². The van der Waals surface area contributed by atoms with Crippen molar-refractivity contribution < 1.29 is 19.1 Å². The molecule has 1 unspecified atom stereocenters. The number of ether oxygens (including phenoxy) is 2. The van der Waals surface area contributed by atoms with Crippen LogP contribution in [0.5, 0.6) is 0 Å². The maximum Gasteiger partial charge on any atom is 0.516 e. The molecule has 0 aliphatic carbocycles. The van der Waals surface area contributed by atoms with Gasteiger partial charge in [0, 0.05) is 0 Å². The Labute approximate surface area is 89.9 Å². The highest BCUT2D eigenvalue weighted by atomic mass is 16.7. The summed E-state index contributed by atoms with van der Waals surface area (Å²) in [5, 5.41) is 0. The first kappa shape index (κ1) is 13.9. The predicted molar refractivity (Wildman–Crippen MR) is 55.2 cm³/mol. The van der Waals surface area contributed by atoms with Crippen LogP contribution in [0, 0.1) is 5.92 Å². The van der Waals surface area contributed by atoms with E-state index in [9.17, 15) is 9.59 Å². The lowest BCUT2D eigenvalue weighted by molar-refractivity contribution is -0.142. The van der Waals surface area contributed by atoms with E-state index in [0.29, 0.717) is 0 Å². The Bertz CT molecular complexity index is 215. The zero-order valence-corrected chi connectivity index (χ0v) is 9.49. The van der Waals surface area contributed by atoms with E-state index in [4.69, 9.17) is 5.73 Å². The summed E-state index contributed by atoms with van der Waals surface area (Å²) in [6.45, 7) is 5.77. The number of carbonyl (C=O) groups is 2. The van der Waals surface area contributed by atoms with Crippen molar-refractivity contribution in [2.24, 2.45) is 11.7 Å². The molecule has 2 N–H and O–H groups in total. The van der Waals surface area contributed by atoms with Gasteiger partial charge in [0.15, 0.2) is 0 Å². The zero-order chi connectivity index (χ0) is 11.8. The maximum atomic E-state index is 11.2. The quantitative estimate of drug-likeness (QED) is 0.428. The topological polar surface area (TPSA) is 78.6 Å². The van der Waals surface area contributed by atoms with Crippen LogP contribution in [0.15, 0.2) is 0 Å². The van der Waals surface area contributed by atoms with Crippen LogP contribution in [-0.2, 0) is 14.3 Å². The van der Waals surface area contributed by atoms with Crippen molar-refractivity contribution in [3.8, 4) is 0 Å². The van der Waals surface area contributed by atoms with Crippen LogP contribution in [0.25, 0.3) is 0 Å². The van der Waals surface area contributed by atoms with E-state index in [1.807, 2.05) is 6.92 Å². The second kappa shape index (κ2) is 7.23. The molecule has 5 nitrogen and oxygen atoms in total. The average molecular weight is 217 g/mol. The molecule has 0 radical (unpaired) electrons. The zero-order valence-electron chi connectivity index (χ0n) is 9.49. The molecule has 0 rings (SSSR count). The highest BCUT2D eigenvalue weighted by molar-refractivity contribution is 5.85. The summed E-state index contributed by atoms with van der Waals surface area (Å²) >= 11 is 0. The molecule has 0 aromatic carbocycles. The van der Waals surface area contributed by atoms with Crippen LogP contribution in [0.3, 0.4) is 0 Å². The molecule has 0 aromatic heterocycles. The minimum Gasteiger partial charge on any atom is -0.434 e. The first-order valence-electron chi connectivity index (χ1n) is 5.13. The fourth-order valence-corrected chi connectivity index (χ4v) is 0.752. The lowest BCUT2D eigenvalue weighted by atomic mass is 10.1. The van der Waals surface area contributed by atoms with Gasteiger partial charge in [-0.25, -0.2) is 9.59 Å². The Kier molecular flexibility index (Phi) is 6.70. The normalized spacial score (nSPS) is 12.3. The van der Waals surface area contributed by atoms with Crippen molar-refractivity contribution in [1.82, 2.24) is 0 Å². The lowest BCUT2D eigenvalue weighted by Crippen LogP contribution is -2.38. The van der Waals surface area contributed by atoms with Crippen LogP contribution in [-0.4, -0.2) is 24.8 Å². The van der Waals surface area contributed by atoms with Crippen LogP contribution < -0.4 is 5.73 Å². The Morgan fingerprint density at radius 2 is 1.93 bits per heavy atom. The number of hydrogen-bond acceptors (Lipinski definition) is 5. The van der Waals surface area contributed by atoms with Gasteiger partial charge < -0.3 is 15.2 Å². The van der Waals surface area contributed by atoms with Gasteiger partial charge in [-0.05, 0) is 12.3 Å². The standard InChI is InChI=1S/C10H19NO4/c1-4-5-6-14-10(13)15-9(12)8(11)7(2)3/h7-8H,4-6,11H2,1-3H3. The fourth-order valence-electron chi connectivity index (χ4n) is 0.752. The van der Waals surface area contributed by atoms with Gasteiger partial charge in [0.2, 0.25) is 0 Å². The molecule has 15 heavy (non-hydrogen) atoms. The van der Waals surface area contributed by atoms with Gasteiger partial charge in [0.05, 0.1) is 6.61 Å². The summed E-state index contributed by atoms with van der Waals surface area (Å²) in [5.74, 6) is -0.813. The van der Waals surface area contributed by atoms with Crippen LogP contribution in [0.2, 0.25) is 0 Å². The number of nitrogens with two attached hydrogens (primary N) is 1. The molecule has 5 heteroatoms.